The first-order valence-corrected chi connectivity index (χ1v) is 9.06. The van der Waals surface area contributed by atoms with Crippen LogP contribution in [0.3, 0.4) is 0 Å². The van der Waals surface area contributed by atoms with Gasteiger partial charge in [0, 0.05) is 19.1 Å². The van der Waals surface area contributed by atoms with Crippen molar-refractivity contribution in [1.82, 2.24) is 5.32 Å². The molecule has 2 fully saturated rings. The van der Waals surface area contributed by atoms with Crippen molar-refractivity contribution in [3.63, 3.8) is 0 Å². The maximum Gasteiger partial charge on any atom is 0.171 e. The molecule has 0 bridgehead atoms. The Morgan fingerprint density at radius 3 is 2.59 bits per heavy atom. The van der Waals surface area contributed by atoms with Crippen LogP contribution in [0.5, 0.6) is 0 Å². The van der Waals surface area contributed by atoms with Crippen molar-refractivity contribution in [3.05, 3.63) is 24.3 Å². The molecule has 1 aromatic rings. The summed E-state index contributed by atoms with van der Waals surface area (Å²) in [5.41, 5.74) is 2.41. The lowest BCUT2D eigenvalue weighted by molar-refractivity contribution is 0.309. The Morgan fingerprint density at radius 2 is 1.82 bits per heavy atom. The van der Waals surface area contributed by atoms with Gasteiger partial charge in [0.05, 0.1) is 11.4 Å². The van der Waals surface area contributed by atoms with Crippen LogP contribution < -0.4 is 15.5 Å². The fourth-order valence-corrected chi connectivity index (χ4v) is 3.93. The summed E-state index contributed by atoms with van der Waals surface area (Å²) in [6.07, 6.45) is 7.79. The van der Waals surface area contributed by atoms with E-state index in [1.54, 1.807) is 0 Å². The van der Waals surface area contributed by atoms with Gasteiger partial charge in [-0.15, -0.1) is 0 Å². The van der Waals surface area contributed by atoms with E-state index in [0.29, 0.717) is 12.0 Å². The highest BCUT2D eigenvalue weighted by molar-refractivity contribution is 7.80. The SMILES string of the molecule is C[C@@H]1CCCC[C@@H]1NC(=S)Nc1ccccc1N1CCCC1. The normalized spacial score (nSPS) is 25.0. The molecule has 1 heterocycles. The summed E-state index contributed by atoms with van der Waals surface area (Å²) in [4.78, 5) is 2.45. The van der Waals surface area contributed by atoms with E-state index >= 15 is 0 Å². The molecule has 0 aromatic heterocycles. The molecule has 2 aliphatic rings. The number of rotatable bonds is 3. The van der Waals surface area contributed by atoms with E-state index < -0.39 is 0 Å². The lowest BCUT2D eigenvalue weighted by Crippen LogP contribution is -2.43. The molecule has 1 saturated carbocycles. The van der Waals surface area contributed by atoms with Crippen LogP contribution in [0.25, 0.3) is 0 Å². The molecule has 3 rings (SSSR count). The molecule has 1 aliphatic heterocycles. The molecule has 2 N–H and O–H groups in total. The van der Waals surface area contributed by atoms with Crippen LogP contribution in [0.1, 0.15) is 45.4 Å². The van der Waals surface area contributed by atoms with E-state index in [1.165, 1.54) is 44.2 Å². The lowest BCUT2D eigenvalue weighted by atomic mass is 9.86. The van der Waals surface area contributed by atoms with Gasteiger partial charge in [-0.25, -0.2) is 0 Å². The fourth-order valence-electron chi connectivity index (χ4n) is 3.67. The topological polar surface area (TPSA) is 27.3 Å². The van der Waals surface area contributed by atoms with Crippen molar-refractivity contribution in [2.75, 3.05) is 23.3 Å². The molecule has 4 heteroatoms. The highest BCUT2D eigenvalue weighted by Gasteiger charge is 2.22. The van der Waals surface area contributed by atoms with Crippen LogP contribution >= 0.6 is 12.2 Å². The molecular formula is C18H27N3S. The fraction of sp³-hybridized carbons (Fsp3) is 0.611. The van der Waals surface area contributed by atoms with Gasteiger partial charge in [0.1, 0.15) is 0 Å². The summed E-state index contributed by atoms with van der Waals surface area (Å²) in [7, 11) is 0. The zero-order valence-electron chi connectivity index (χ0n) is 13.5. The summed E-state index contributed by atoms with van der Waals surface area (Å²) in [5.74, 6) is 0.710. The van der Waals surface area contributed by atoms with Crippen LogP contribution in [-0.4, -0.2) is 24.2 Å². The number of thiocarbonyl (C=S) groups is 1. The molecule has 0 spiro atoms. The summed E-state index contributed by atoms with van der Waals surface area (Å²) >= 11 is 5.56. The van der Waals surface area contributed by atoms with Crippen LogP contribution in [0, 0.1) is 5.92 Å². The minimum atomic E-state index is 0.521. The van der Waals surface area contributed by atoms with Crippen molar-refractivity contribution in [2.24, 2.45) is 5.92 Å². The third-order valence-electron chi connectivity index (χ3n) is 5.03. The smallest absolute Gasteiger partial charge is 0.171 e. The Balaban J connectivity index is 1.63. The molecule has 3 nitrogen and oxygen atoms in total. The van der Waals surface area contributed by atoms with E-state index in [-0.39, 0.29) is 0 Å². The molecule has 0 unspecified atom stereocenters. The van der Waals surface area contributed by atoms with E-state index in [9.17, 15) is 0 Å². The van der Waals surface area contributed by atoms with Gasteiger partial charge in [-0.3, -0.25) is 0 Å². The monoisotopic (exact) mass is 317 g/mol. The summed E-state index contributed by atoms with van der Waals surface area (Å²) in [6.45, 7) is 4.63. The van der Waals surface area contributed by atoms with Gasteiger partial charge >= 0.3 is 0 Å². The minimum Gasteiger partial charge on any atom is -0.370 e. The van der Waals surface area contributed by atoms with E-state index in [0.717, 1.165) is 23.9 Å². The highest BCUT2D eigenvalue weighted by Crippen LogP contribution is 2.29. The van der Waals surface area contributed by atoms with Crippen molar-refractivity contribution in [1.29, 1.82) is 0 Å². The van der Waals surface area contributed by atoms with Crippen molar-refractivity contribution >= 4 is 28.7 Å². The molecule has 120 valence electrons. The van der Waals surface area contributed by atoms with Gasteiger partial charge in [-0.2, -0.15) is 0 Å². The van der Waals surface area contributed by atoms with Gasteiger partial charge in [-0.05, 0) is 56.0 Å². The van der Waals surface area contributed by atoms with Crippen molar-refractivity contribution in [2.45, 2.75) is 51.5 Å². The second-order valence-corrected chi connectivity index (χ2v) is 7.09. The second kappa shape index (κ2) is 7.32. The average Bonchev–Trinajstić information content (AvgIpc) is 3.04. The summed E-state index contributed by atoms with van der Waals surface area (Å²) in [5, 5.41) is 7.74. The molecule has 2 atom stereocenters. The molecule has 1 aliphatic carbocycles. The molecule has 0 amide bonds. The van der Waals surface area contributed by atoms with E-state index in [2.05, 4.69) is 46.7 Å². The van der Waals surface area contributed by atoms with E-state index in [1.807, 2.05) is 0 Å². The molecular weight excluding hydrogens is 290 g/mol. The maximum absolute atomic E-state index is 5.56. The quantitative estimate of drug-likeness (QED) is 0.819. The maximum atomic E-state index is 5.56. The number of anilines is 2. The molecule has 0 radical (unpaired) electrons. The first kappa shape index (κ1) is 15.6. The Kier molecular flexibility index (Phi) is 5.19. The zero-order chi connectivity index (χ0) is 15.4. The largest absolute Gasteiger partial charge is 0.370 e. The van der Waals surface area contributed by atoms with Gasteiger partial charge in [0.2, 0.25) is 0 Å². The van der Waals surface area contributed by atoms with Crippen molar-refractivity contribution in [3.8, 4) is 0 Å². The van der Waals surface area contributed by atoms with Crippen LogP contribution in [-0.2, 0) is 0 Å². The van der Waals surface area contributed by atoms with Crippen LogP contribution in [0.4, 0.5) is 11.4 Å². The van der Waals surface area contributed by atoms with Gasteiger partial charge < -0.3 is 15.5 Å². The first-order chi connectivity index (χ1) is 10.7. The predicted molar refractivity (Wildman–Crippen MR) is 98.7 cm³/mol. The molecule has 22 heavy (non-hydrogen) atoms. The summed E-state index contributed by atoms with van der Waals surface area (Å²) < 4.78 is 0. The molecule has 1 saturated heterocycles. The standard InChI is InChI=1S/C18H27N3S/c1-14-8-2-3-9-15(14)19-18(22)20-16-10-4-5-11-17(16)21-12-6-7-13-21/h4-5,10-11,14-15H,2-3,6-9,12-13H2,1H3,(H2,19,20,22)/t14-,15+/m1/s1. The number of nitrogens with one attached hydrogen (secondary N) is 2. The third-order valence-corrected chi connectivity index (χ3v) is 5.25. The Hall–Kier alpha value is -1.29. The number of hydrogen-bond donors (Lipinski definition) is 2. The Bertz CT molecular complexity index is 511. The average molecular weight is 318 g/mol. The third kappa shape index (κ3) is 3.72. The number of nitrogens with zero attached hydrogens (tertiary/aromatic N) is 1. The van der Waals surface area contributed by atoms with Crippen LogP contribution in [0.2, 0.25) is 0 Å². The predicted octanol–water partition coefficient (Wildman–Crippen LogP) is 4.15. The first-order valence-electron chi connectivity index (χ1n) is 8.65. The number of hydrogen-bond acceptors (Lipinski definition) is 2. The second-order valence-electron chi connectivity index (χ2n) is 6.68. The zero-order valence-corrected chi connectivity index (χ0v) is 14.3. The van der Waals surface area contributed by atoms with Gasteiger partial charge in [0.25, 0.3) is 0 Å². The van der Waals surface area contributed by atoms with Crippen LogP contribution in [0.15, 0.2) is 24.3 Å². The number of benzene rings is 1. The Morgan fingerprint density at radius 1 is 1.09 bits per heavy atom. The molecule has 1 aromatic carbocycles. The van der Waals surface area contributed by atoms with Gasteiger partial charge in [0.15, 0.2) is 5.11 Å². The lowest BCUT2D eigenvalue weighted by Gasteiger charge is -2.31. The minimum absolute atomic E-state index is 0.521. The van der Waals surface area contributed by atoms with Gasteiger partial charge in [-0.1, -0.05) is 31.9 Å². The summed E-state index contributed by atoms with van der Waals surface area (Å²) in [6, 6.07) is 9.03. The Labute approximate surface area is 139 Å². The van der Waals surface area contributed by atoms with E-state index in [4.69, 9.17) is 12.2 Å². The highest BCUT2D eigenvalue weighted by atomic mass is 32.1. The van der Waals surface area contributed by atoms with Crippen molar-refractivity contribution < 1.29 is 0 Å². The number of para-hydroxylation sites is 2.